The first kappa shape index (κ1) is 12.9. The summed E-state index contributed by atoms with van der Waals surface area (Å²) >= 11 is 5.12. The first-order chi connectivity index (χ1) is 7.72. The summed E-state index contributed by atoms with van der Waals surface area (Å²) in [6, 6.07) is 0. The van der Waals surface area contributed by atoms with Gasteiger partial charge in [-0.15, -0.1) is 0 Å². The summed E-state index contributed by atoms with van der Waals surface area (Å²) in [5.41, 5.74) is 1.11. The Kier molecular flexibility index (Phi) is 5.81. The third-order valence-electron chi connectivity index (χ3n) is 2.02. The lowest BCUT2D eigenvalue weighted by molar-refractivity contribution is 0.195. The molecule has 0 atom stereocenters. The minimum absolute atomic E-state index is 0.667. The standard InChI is InChI=1S/C10H18N4OS/c1-14-8-9(7-13-14)6-12-10(16)11-4-3-5-15-2/h7-8H,3-6H2,1-2H3,(H2,11,12,16). The zero-order chi connectivity index (χ0) is 11.8. The van der Waals surface area contributed by atoms with Crippen molar-refractivity contribution in [3.8, 4) is 0 Å². The average molecular weight is 242 g/mol. The third kappa shape index (κ3) is 5.09. The summed E-state index contributed by atoms with van der Waals surface area (Å²) in [5.74, 6) is 0. The fourth-order valence-corrected chi connectivity index (χ4v) is 1.40. The number of thiocarbonyl (C=S) groups is 1. The van der Waals surface area contributed by atoms with Crippen LogP contribution in [0.15, 0.2) is 12.4 Å². The molecule has 0 saturated carbocycles. The zero-order valence-corrected chi connectivity index (χ0v) is 10.5. The van der Waals surface area contributed by atoms with E-state index in [1.807, 2.05) is 19.4 Å². The van der Waals surface area contributed by atoms with Crippen molar-refractivity contribution in [1.82, 2.24) is 20.4 Å². The highest BCUT2D eigenvalue weighted by Crippen LogP contribution is 1.94. The molecular weight excluding hydrogens is 224 g/mol. The second-order valence-corrected chi connectivity index (χ2v) is 3.89. The van der Waals surface area contributed by atoms with Gasteiger partial charge in [0.2, 0.25) is 0 Å². The molecule has 5 nitrogen and oxygen atoms in total. The zero-order valence-electron chi connectivity index (χ0n) is 9.69. The molecule has 1 rings (SSSR count). The molecule has 1 aromatic rings. The van der Waals surface area contributed by atoms with E-state index in [2.05, 4.69) is 15.7 Å². The van der Waals surface area contributed by atoms with Crippen molar-refractivity contribution in [1.29, 1.82) is 0 Å². The van der Waals surface area contributed by atoms with Gasteiger partial charge < -0.3 is 15.4 Å². The number of hydrogen-bond donors (Lipinski definition) is 2. The maximum atomic E-state index is 5.12. The van der Waals surface area contributed by atoms with E-state index in [1.165, 1.54) is 0 Å². The smallest absolute Gasteiger partial charge is 0.166 e. The van der Waals surface area contributed by atoms with E-state index in [9.17, 15) is 0 Å². The molecule has 0 fully saturated rings. The topological polar surface area (TPSA) is 51.1 Å². The molecule has 0 aliphatic carbocycles. The van der Waals surface area contributed by atoms with E-state index in [-0.39, 0.29) is 0 Å². The molecule has 2 N–H and O–H groups in total. The van der Waals surface area contributed by atoms with Crippen molar-refractivity contribution in [2.75, 3.05) is 20.3 Å². The van der Waals surface area contributed by atoms with Crippen LogP contribution >= 0.6 is 12.2 Å². The van der Waals surface area contributed by atoms with Crippen molar-refractivity contribution in [2.45, 2.75) is 13.0 Å². The van der Waals surface area contributed by atoms with E-state index in [4.69, 9.17) is 17.0 Å². The van der Waals surface area contributed by atoms with Gasteiger partial charge in [-0.3, -0.25) is 4.68 Å². The summed E-state index contributed by atoms with van der Waals surface area (Å²) in [4.78, 5) is 0. The molecule has 0 aliphatic heterocycles. The van der Waals surface area contributed by atoms with Crippen LogP contribution in [0.5, 0.6) is 0 Å². The molecule has 16 heavy (non-hydrogen) atoms. The molecule has 90 valence electrons. The molecule has 6 heteroatoms. The van der Waals surface area contributed by atoms with Crippen LogP contribution in [0.3, 0.4) is 0 Å². The lowest BCUT2D eigenvalue weighted by atomic mass is 10.4. The van der Waals surface area contributed by atoms with Crippen LogP contribution in [0.4, 0.5) is 0 Å². The fourth-order valence-electron chi connectivity index (χ4n) is 1.23. The van der Waals surface area contributed by atoms with Gasteiger partial charge in [-0.2, -0.15) is 5.10 Å². The Morgan fingerprint density at radius 3 is 3.00 bits per heavy atom. The molecule has 1 aromatic heterocycles. The van der Waals surface area contributed by atoms with Crippen LogP contribution in [-0.2, 0) is 18.3 Å². The quantitative estimate of drug-likeness (QED) is 0.559. The molecule has 0 saturated heterocycles. The molecule has 0 spiro atoms. The predicted octanol–water partition coefficient (Wildman–Crippen LogP) is 0.421. The summed E-state index contributed by atoms with van der Waals surface area (Å²) in [6.45, 7) is 2.27. The number of aromatic nitrogens is 2. The van der Waals surface area contributed by atoms with Gasteiger partial charge in [0.1, 0.15) is 0 Å². The fraction of sp³-hybridized carbons (Fsp3) is 0.600. The van der Waals surface area contributed by atoms with Gasteiger partial charge in [0, 0.05) is 45.6 Å². The van der Waals surface area contributed by atoms with Crippen molar-refractivity contribution in [3.63, 3.8) is 0 Å². The van der Waals surface area contributed by atoms with Crippen LogP contribution in [-0.4, -0.2) is 35.2 Å². The third-order valence-corrected chi connectivity index (χ3v) is 2.31. The maximum absolute atomic E-state index is 5.12. The summed E-state index contributed by atoms with van der Waals surface area (Å²) in [5, 5.41) is 11.0. The Bertz CT molecular complexity index is 326. The first-order valence-electron chi connectivity index (χ1n) is 5.20. The van der Waals surface area contributed by atoms with Crippen LogP contribution in [0.2, 0.25) is 0 Å². The Morgan fingerprint density at radius 1 is 1.56 bits per heavy atom. The molecule has 1 heterocycles. The Hall–Kier alpha value is -1.14. The normalized spacial score (nSPS) is 10.1. The molecule has 0 radical (unpaired) electrons. The van der Waals surface area contributed by atoms with Gasteiger partial charge in [0.25, 0.3) is 0 Å². The number of hydrogen-bond acceptors (Lipinski definition) is 3. The highest BCUT2D eigenvalue weighted by molar-refractivity contribution is 7.80. The van der Waals surface area contributed by atoms with E-state index in [1.54, 1.807) is 11.8 Å². The van der Waals surface area contributed by atoms with Crippen molar-refractivity contribution < 1.29 is 4.74 Å². The lowest BCUT2D eigenvalue weighted by Gasteiger charge is -2.08. The van der Waals surface area contributed by atoms with Crippen molar-refractivity contribution >= 4 is 17.3 Å². The van der Waals surface area contributed by atoms with E-state index in [0.29, 0.717) is 11.7 Å². The molecule has 0 unspecified atom stereocenters. The van der Waals surface area contributed by atoms with E-state index in [0.717, 1.165) is 25.1 Å². The molecular formula is C10H18N4OS. The SMILES string of the molecule is COCCCNC(=S)NCc1cnn(C)c1. The predicted molar refractivity (Wildman–Crippen MR) is 67.1 cm³/mol. The van der Waals surface area contributed by atoms with E-state index >= 15 is 0 Å². The maximum Gasteiger partial charge on any atom is 0.166 e. The minimum atomic E-state index is 0.667. The molecule has 0 aliphatic rings. The van der Waals surface area contributed by atoms with Gasteiger partial charge in [-0.1, -0.05) is 0 Å². The van der Waals surface area contributed by atoms with Gasteiger partial charge in [0.15, 0.2) is 5.11 Å². The highest BCUT2D eigenvalue weighted by Gasteiger charge is 1.97. The van der Waals surface area contributed by atoms with Crippen LogP contribution < -0.4 is 10.6 Å². The van der Waals surface area contributed by atoms with Gasteiger partial charge in [-0.25, -0.2) is 0 Å². The highest BCUT2D eigenvalue weighted by atomic mass is 32.1. The summed E-state index contributed by atoms with van der Waals surface area (Å²) in [6.07, 6.45) is 4.73. The number of rotatable bonds is 6. The molecule has 0 amide bonds. The Labute approximate surface area is 101 Å². The average Bonchev–Trinajstić information content (AvgIpc) is 2.68. The van der Waals surface area contributed by atoms with E-state index < -0.39 is 0 Å². The van der Waals surface area contributed by atoms with Crippen LogP contribution in [0.25, 0.3) is 0 Å². The number of ether oxygens (including phenoxy) is 1. The first-order valence-corrected chi connectivity index (χ1v) is 5.61. The van der Waals surface area contributed by atoms with Crippen molar-refractivity contribution in [3.05, 3.63) is 18.0 Å². The van der Waals surface area contributed by atoms with Gasteiger partial charge in [0.05, 0.1) is 6.20 Å². The Morgan fingerprint density at radius 2 is 2.38 bits per heavy atom. The monoisotopic (exact) mass is 242 g/mol. The Balaban J connectivity index is 2.10. The second-order valence-electron chi connectivity index (χ2n) is 3.48. The van der Waals surface area contributed by atoms with Crippen molar-refractivity contribution in [2.24, 2.45) is 7.05 Å². The number of nitrogens with zero attached hydrogens (tertiary/aromatic N) is 2. The largest absolute Gasteiger partial charge is 0.385 e. The van der Waals surface area contributed by atoms with Gasteiger partial charge in [-0.05, 0) is 18.6 Å². The molecule has 0 bridgehead atoms. The number of nitrogens with one attached hydrogen (secondary N) is 2. The molecule has 0 aromatic carbocycles. The van der Waals surface area contributed by atoms with Crippen LogP contribution in [0.1, 0.15) is 12.0 Å². The second kappa shape index (κ2) is 7.19. The summed E-state index contributed by atoms with van der Waals surface area (Å²) < 4.78 is 6.71. The minimum Gasteiger partial charge on any atom is -0.385 e. The van der Waals surface area contributed by atoms with Crippen LogP contribution in [0, 0.1) is 0 Å². The number of aryl methyl sites for hydroxylation is 1. The lowest BCUT2D eigenvalue weighted by Crippen LogP contribution is -2.35. The summed E-state index contributed by atoms with van der Waals surface area (Å²) in [7, 11) is 3.59. The van der Waals surface area contributed by atoms with Gasteiger partial charge >= 0.3 is 0 Å². The number of methoxy groups -OCH3 is 1.